The summed E-state index contributed by atoms with van der Waals surface area (Å²) >= 11 is 0. The zero-order chi connectivity index (χ0) is 17.2. The van der Waals surface area contributed by atoms with Crippen molar-refractivity contribution in [3.63, 3.8) is 0 Å². The third-order valence-electron chi connectivity index (χ3n) is 4.92. The van der Waals surface area contributed by atoms with Gasteiger partial charge in [-0.2, -0.15) is 0 Å². The zero-order valence-corrected chi connectivity index (χ0v) is 15.0. The van der Waals surface area contributed by atoms with Crippen molar-refractivity contribution in [1.82, 2.24) is 10.6 Å². The molecule has 132 valence electrons. The number of carbonyl (C=O) groups excluding carboxylic acids is 1. The molecule has 2 N–H and O–H groups in total. The molecule has 2 aliphatic carbocycles. The molecule has 1 amide bonds. The van der Waals surface area contributed by atoms with Gasteiger partial charge in [-0.1, -0.05) is 30.3 Å². The third-order valence-corrected chi connectivity index (χ3v) is 4.92. The van der Waals surface area contributed by atoms with Crippen LogP contribution in [0.1, 0.15) is 64.4 Å². The van der Waals surface area contributed by atoms with Crippen LogP contribution in [0.2, 0.25) is 0 Å². The summed E-state index contributed by atoms with van der Waals surface area (Å²) < 4.78 is 5.34. The minimum absolute atomic E-state index is 0.252. The summed E-state index contributed by atoms with van der Waals surface area (Å²) in [7, 11) is 0. The number of ether oxygens (including phenoxy) is 1. The minimum Gasteiger partial charge on any atom is -0.444 e. The summed E-state index contributed by atoms with van der Waals surface area (Å²) in [5.74, 6) is 0.684. The van der Waals surface area contributed by atoms with Crippen LogP contribution in [-0.2, 0) is 4.74 Å². The van der Waals surface area contributed by atoms with E-state index in [9.17, 15) is 4.79 Å². The molecule has 2 saturated carbocycles. The Bertz CT molecular complexity index is 545. The molecule has 2 aliphatic rings. The molecule has 4 nitrogen and oxygen atoms in total. The van der Waals surface area contributed by atoms with Crippen molar-refractivity contribution < 1.29 is 9.53 Å². The van der Waals surface area contributed by atoms with Crippen LogP contribution in [0, 0.1) is 0 Å². The number of rotatable bonds is 4. The Morgan fingerprint density at radius 2 is 1.67 bits per heavy atom. The van der Waals surface area contributed by atoms with Crippen molar-refractivity contribution in [2.24, 2.45) is 0 Å². The normalized spacial score (nSPS) is 29.8. The molecule has 24 heavy (non-hydrogen) atoms. The van der Waals surface area contributed by atoms with Crippen LogP contribution in [0.4, 0.5) is 4.79 Å². The summed E-state index contributed by atoms with van der Waals surface area (Å²) in [6.07, 6.45) is 5.27. The quantitative estimate of drug-likeness (QED) is 0.878. The first-order valence-corrected chi connectivity index (χ1v) is 9.21. The Kier molecular flexibility index (Phi) is 5.14. The van der Waals surface area contributed by atoms with E-state index in [4.69, 9.17) is 4.74 Å². The van der Waals surface area contributed by atoms with Gasteiger partial charge in [-0.05, 0) is 58.4 Å². The lowest BCUT2D eigenvalue weighted by Crippen LogP contribution is -2.44. The van der Waals surface area contributed by atoms with Crippen molar-refractivity contribution >= 4 is 6.09 Å². The molecule has 0 heterocycles. The maximum atomic E-state index is 11.8. The number of amides is 1. The van der Waals surface area contributed by atoms with Gasteiger partial charge in [0.15, 0.2) is 0 Å². The summed E-state index contributed by atoms with van der Waals surface area (Å²) in [6.45, 7) is 5.69. The maximum Gasteiger partial charge on any atom is 0.407 e. The van der Waals surface area contributed by atoms with Gasteiger partial charge >= 0.3 is 6.09 Å². The number of carbonyl (C=O) groups is 1. The van der Waals surface area contributed by atoms with Gasteiger partial charge in [-0.15, -0.1) is 0 Å². The van der Waals surface area contributed by atoms with Crippen molar-refractivity contribution in [3.05, 3.63) is 35.9 Å². The van der Waals surface area contributed by atoms with Gasteiger partial charge in [-0.3, -0.25) is 0 Å². The van der Waals surface area contributed by atoms with Crippen molar-refractivity contribution in [2.45, 2.75) is 82.5 Å². The molecular formula is C20H30N2O2. The molecule has 0 radical (unpaired) electrons. The average Bonchev–Trinajstić information content (AvgIpc) is 3.27. The summed E-state index contributed by atoms with van der Waals surface area (Å²) in [6, 6.07) is 12.3. The lowest BCUT2D eigenvalue weighted by atomic mass is 9.91. The molecule has 0 aromatic heterocycles. The van der Waals surface area contributed by atoms with E-state index in [0.29, 0.717) is 18.0 Å². The number of nitrogens with one attached hydrogen (secondary N) is 2. The molecule has 0 spiro atoms. The molecule has 2 atom stereocenters. The Morgan fingerprint density at radius 1 is 1.04 bits per heavy atom. The first-order valence-electron chi connectivity index (χ1n) is 9.21. The Balaban J connectivity index is 1.37. The molecule has 1 aromatic rings. The summed E-state index contributed by atoms with van der Waals surface area (Å²) in [5, 5.41) is 6.82. The molecule has 4 heteroatoms. The number of hydrogen-bond donors (Lipinski definition) is 2. The zero-order valence-electron chi connectivity index (χ0n) is 15.0. The number of alkyl carbamates (subject to hydrolysis) is 1. The van der Waals surface area contributed by atoms with Gasteiger partial charge in [0.05, 0.1) is 0 Å². The van der Waals surface area contributed by atoms with E-state index in [1.54, 1.807) is 0 Å². The largest absolute Gasteiger partial charge is 0.444 e. The van der Waals surface area contributed by atoms with Crippen LogP contribution in [0.5, 0.6) is 0 Å². The molecule has 3 rings (SSSR count). The van der Waals surface area contributed by atoms with Gasteiger partial charge < -0.3 is 15.4 Å². The predicted octanol–water partition coefficient (Wildman–Crippen LogP) is 3.97. The molecule has 2 unspecified atom stereocenters. The summed E-state index contributed by atoms with van der Waals surface area (Å²) in [5.41, 5.74) is 1.02. The van der Waals surface area contributed by atoms with Crippen LogP contribution in [0.15, 0.2) is 30.3 Å². The highest BCUT2D eigenvalue weighted by molar-refractivity contribution is 5.68. The second-order valence-electron chi connectivity index (χ2n) is 8.22. The van der Waals surface area contributed by atoms with E-state index in [1.807, 2.05) is 20.8 Å². The fraction of sp³-hybridized carbons (Fsp3) is 0.650. The summed E-state index contributed by atoms with van der Waals surface area (Å²) in [4.78, 5) is 11.8. The first-order chi connectivity index (χ1) is 11.4. The Hall–Kier alpha value is -1.55. The molecule has 0 aliphatic heterocycles. The van der Waals surface area contributed by atoms with E-state index >= 15 is 0 Å². The Labute approximate surface area is 145 Å². The van der Waals surface area contributed by atoms with E-state index in [1.165, 1.54) is 12.0 Å². The second kappa shape index (κ2) is 7.14. The van der Waals surface area contributed by atoms with Gasteiger partial charge in [-0.25, -0.2) is 4.79 Å². The van der Waals surface area contributed by atoms with Crippen LogP contribution < -0.4 is 10.6 Å². The predicted molar refractivity (Wildman–Crippen MR) is 96.1 cm³/mol. The van der Waals surface area contributed by atoms with Crippen LogP contribution in [-0.4, -0.2) is 29.8 Å². The van der Waals surface area contributed by atoms with Gasteiger partial charge in [0, 0.05) is 24.0 Å². The monoisotopic (exact) mass is 330 g/mol. The van der Waals surface area contributed by atoms with E-state index < -0.39 is 5.60 Å². The topological polar surface area (TPSA) is 50.4 Å². The highest BCUT2D eigenvalue weighted by Gasteiger charge is 2.39. The fourth-order valence-corrected chi connectivity index (χ4v) is 3.63. The molecular weight excluding hydrogens is 300 g/mol. The van der Waals surface area contributed by atoms with E-state index in [0.717, 1.165) is 25.7 Å². The molecule has 0 bridgehead atoms. The van der Waals surface area contributed by atoms with Crippen LogP contribution in [0.3, 0.4) is 0 Å². The van der Waals surface area contributed by atoms with Gasteiger partial charge in [0.2, 0.25) is 0 Å². The minimum atomic E-state index is -0.429. The second-order valence-corrected chi connectivity index (χ2v) is 8.22. The van der Waals surface area contributed by atoms with Crippen molar-refractivity contribution in [1.29, 1.82) is 0 Å². The maximum absolute atomic E-state index is 11.8. The van der Waals surface area contributed by atoms with Crippen molar-refractivity contribution in [3.8, 4) is 0 Å². The third kappa shape index (κ3) is 4.97. The van der Waals surface area contributed by atoms with Crippen LogP contribution >= 0.6 is 0 Å². The molecule has 0 saturated heterocycles. The molecule has 1 aromatic carbocycles. The highest BCUT2D eigenvalue weighted by atomic mass is 16.6. The van der Waals surface area contributed by atoms with E-state index in [2.05, 4.69) is 41.0 Å². The standard InChI is InChI=1S/C20H30N2O2/c1-20(2,3)24-19(23)22-16-11-9-15(10-12-16)21-18-13-17(18)14-7-5-4-6-8-14/h4-8,15-18,21H,9-13H2,1-3H3,(H,22,23). The smallest absolute Gasteiger partial charge is 0.407 e. The first kappa shape index (κ1) is 17.3. The van der Waals surface area contributed by atoms with Crippen LogP contribution in [0.25, 0.3) is 0 Å². The van der Waals surface area contributed by atoms with Crippen molar-refractivity contribution in [2.75, 3.05) is 0 Å². The molecule has 2 fully saturated rings. The fourth-order valence-electron chi connectivity index (χ4n) is 3.63. The average molecular weight is 330 g/mol. The number of hydrogen-bond acceptors (Lipinski definition) is 3. The lowest BCUT2D eigenvalue weighted by molar-refractivity contribution is 0.0489. The van der Waals surface area contributed by atoms with E-state index in [-0.39, 0.29) is 12.1 Å². The SMILES string of the molecule is CC(C)(C)OC(=O)NC1CCC(NC2CC2c2ccccc2)CC1. The lowest BCUT2D eigenvalue weighted by Gasteiger charge is -2.30. The number of benzene rings is 1. The van der Waals surface area contributed by atoms with Gasteiger partial charge in [0.25, 0.3) is 0 Å². The highest BCUT2D eigenvalue weighted by Crippen LogP contribution is 2.41. The Morgan fingerprint density at radius 3 is 2.29 bits per heavy atom. The van der Waals surface area contributed by atoms with Gasteiger partial charge in [0.1, 0.15) is 5.60 Å².